The summed E-state index contributed by atoms with van der Waals surface area (Å²) in [7, 11) is 0. The number of nitrogens with two attached hydrogens (primary N) is 1. The van der Waals surface area contributed by atoms with Crippen LogP contribution in [0.3, 0.4) is 0 Å². The first-order chi connectivity index (χ1) is 3.68. The molecule has 0 bridgehead atoms. The topological polar surface area (TPSA) is 52.3 Å². The van der Waals surface area contributed by atoms with Crippen LogP contribution in [0.15, 0.2) is 12.8 Å². The SMILES string of the molecule is C=COC(F)C(N)=O. The van der Waals surface area contributed by atoms with Crippen molar-refractivity contribution in [2.75, 3.05) is 0 Å². The molecule has 0 spiro atoms. The predicted octanol–water partition coefficient (Wildman–Crippen LogP) is -0.0726. The van der Waals surface area contributed by atoms with Crippen molar-refractivity contribution in [3.05, 3.63) is 12.8 Å². The molecule has 0 aromatic carbocycles. The van der Waals surface area contributed by atoms with E-state index in [9.17, 15) is 9.18 Å². The van der Waals surface area contributed by atoms with Gasteiger partial charge in [-0.15, -0.1) is 0 Å². The fourth-order valence-electron chi connectivity index (χ4n) is 0.152. The van der Waals surface area contributed by atoms with E-state index in [1.54, 1.807) is 0 Å². The molecule has 3 nitrogen and oxygen atoms in total. The lowest BCUT2D eigenvalue weighted by Crippen LogP contribution is -2.25. The molecular formula is C4H6FNO2. The van der Waals surface area contributed by atoms with Crippen molar-refractivity contribution in [2.24, 2.45) is 5.73 Å². The molecule has 0 aliphatic heterocycles. The zero-order chi connectivity index (χ0) is 6.57. The summed E-state index contributed by atoms with van der Waals surface area (Å²) in [5, 5.41) is 0. The third-order valence-electron chi connectivity index (χ3n) is 0.439. The fraction of sp³-hybridized carbons (Fsp3) is 0.250. The highest BCUT2D eigenvalue weighted by molar-refractivity contribution is 5.77. The predicted molar refractivity (Wildman–Crippen MR) is 25.4 cm³/mol. The number of hydrogen-bond acceptors (Lipinski definition) is 2. The summed E-state index contributed by atoms with van der Waals surface area (Å²) in [5.41, 5.74) is 4.44. The van der Waals surface area contributed by atoms with Gasteiger partial charge in [0, 0.05) is 0 Å². The van der Waals surface area contributed by atoms with E-state index in [-0.39, 0.29) is 0 Å². The van der Waals surface area contributed by atoms with Gasteiger partial charge in [0.2, 0.25) is 0 Å². The molecule has 1 atom stereocenters. The van der Waals surface area contributed by atoms with E-state index in [0.29, 0.717) is 0 Å². The molecule has 0 aromatic heterocycles. The number of alkyl halides is 1. The second-order valence-corrected chi connectivity index (χ2v) is 1.02. The maximum absolute atomic E-state index is 11.8. The number of amides is 1. The first kappa shape index (κ1) is 6.94. The monoisotopic (exact) mass is 119 g/mol. The second-order valence-electron chi connectivity index (χ2n) is 1.02. The molecule has 0 radical (unpaired) electrons. The van der Waals surface area contributed by atoms with Gasteiger partial charge in [0.05, 0.1) is 6.26 Å². The molecule has 0 fully saturated rings. The van der Waals surface area contributed by atoms with Crippen LogP contribution in [0.25, 0.3) is 0 Å². The minimum atomic E-state index is -2.06. The van der Waals surface area contributed by atoms with Crippen molar-refractivity contribution in [2.45, 2.75) is 6.36 Å². The van der Waals surface area contributed by atoms with E-state index in [1.165, 1.54) is 0 Å². The van der Waals surface area contributed by atoms with E-state index in [1.807, 2.05) is 0 Å². The van der Waals surface area contributed by atoms with Crippen molar-refractivity contribution in [1.82, 2.24) is 0 Å². The zero-order valence-corrected chi connectivity index (χ0v) is 4.13. The Labute approximate surface area is 45.9 Å². The van der Waals surface area contributed by atoms with Crippen molar-refractivity contribution in [3.8, 4) is 0 Å². The molecule has 0 aromatic rings. The molecule has 2 N–H and O–H groups in total. The largest absolute Gasteiger partial charge is 0.460 e. The summed E-state index contributed by atoms with van der Waals surface area (Å²) in [6.07, 6.45) is -1.25. The van der Waals surface area contributed by atoms with Gasteiger partial charge in [-0.1, -0.05) is 6.58 Å². The molecule has 46 valence electrons. The third-order valence-corrected chi connectivity index (χ3v) is 0.439. The van der Waals surface area contributed by atoms with Crippen molar-refractivity contribution in [1.29, 1.82) is 0 Å². The average Bonchev–Trinajstić information content (AvgIpc) is 1.67. The van der Waals surface area contributed by atoms with E-state index in [0.717, 1.165) is 6.26 Å². The number of ether oxygens (including phenoxy) is 1. The van der Waals surface area contributed by atoms with Crippen LogP contribution in [0.4, 0.5) is 4.39 Å². The number of halogens is 1. The van der Waals surface area contributed by atoms with Crippen LogP contribution < -0.4 is 5.73 Å². The quantitative estimate of drug-likeness (QED) is 0.528. The standard InChI is InChI=1S/C4H6FNO2/c1-2-8-3(5)4(6)7/h2-3H,1H2,(H2,6,7). The van der Waals surface area contributed by atoms with Gasteiger partial charge < -0.3 is 10.5 Å². The molecule has 0 rings (SSSR count). The van der Waals surface area contributed by atoms with Gasteiger partial charge in [0.15, 0.2) is 0 Å². The van der Waals surface area contributed by atoms with Gasteiger partial charge in [0.1, 0.15) is 0 Å². The molecule has 4 heteroatoms. The second kappa shape index (κ2) is 3.01. The average molecular weight is 119 g/mol. The van der Waals surface area contributed by atoms with E-state index in [2.05, 4.69) is 17.0 Å². The van der Waals surface area contributed by atoms with Gasteiger partial charge in [-0.05, 0) is 0 Å². The Morgan fingerprint density at radius 3 is 2.62 bits per heavy atom. The Morgan fingerprint density at radius 2 is 2.50 bits per heavy atom. The molecule has 0 aliphatic carbocycles. The molecule has 0 saturated heterocycles. The Bertz CT molecular complexity index is 104. The summed E-state index contributed by atoms with van der Waals surface area (Å²) in [6, 6.07) is 0. The number of rotatable bonds is 3. The van der Waals surface area contributed by atoms with E-state index < -0.39 is 12.3 Å². The summed E-state index contributed by atoms with van der Waals surface area (Å²) in [4.78, 5) is 9.76. The zero-order valence-electron chi connectivity index (χ0n) is 4.13. The Kier molecular flexibility index (Phi) is 2.61. The highest BCUT2D eigenvalue weighted by atomic mass is 19.1. The molecule has 1 unspecified atom stereocenters. The molecule has 1 amide bonds. The number of hydrogen-bond donors (Lipinski definition) is 1. The number of carbonyl (C=O) groups excluding carboxylic acids is 1. The Morgan fingerprint density at radius 1 is 2.00 bits per heavy atom. The maximum Gasteiger partial charge on any atom is 0.315 e. The lowest BCUT2D eigenvalue weighted by molar-refractivity contribution is -0.135. The van der Waals surface area contributed by atoms with Gasteiger partial charge in [0.25, 0.3) is 5.91 Å². The third kappa shape index (κ3) is 2.17. The normalized spacial score (nSPS) is 12.1. The van der Waals surface area contributed by atoms with Crippen LogP contribution in [0.2, 0.25) is 0 Å². The summed E-state index contributed by atoms with van der Waals surface area (Å²) < 4.78 is 15.7. The summed E-state index contributed by atoms with van der Waals surface area (Å²) >= 11 is 0. The maximum atomic E-state index is 11.8. The van der Waals surface area contributed by atoms with Crippen LogP contribution in [-0.4, -0.2) is 12.3 Å². The molecule has 0 saturated carbocycles. The fourth-order valence-corrected chi connectivity index (χ4v) is 0.152. The van der Waals surface area contributed by atoms with Gasteiger partial charge in [-0.3, -0.25) is 4.79 Å². The minimum Gasteiger partial charge on any atom is -0.460 e. The molecular weight excluding hydrogens is 113 g/mol. The van der Waals surface area contributed by atoms with Gasteiger partial charge >= 0.3 is 6.36 Å². The molecule has 0 heterocycles. The molecule has 0 aliphatic rings. The van der Waals surface area contributed by atoms with E-state index >= 15 is 0 Å². The first-order valence-electron chi connectivity index (χ1n) is 1.88. The van der Waals surface area contributed by atoms with Crippen molar-refractivity contribution >= 4 is 5.91 Å². The highest BCUT2D eigenvalue weighted by Crippen LogP contribution is 1.90. The minimum absolute atomic E-state index is 0.815. The van der Waals surface area contributed by atoms with Crippen LogP contribution in [0.1, 0.15) is 0 Å². The van der Waals surface area contributed by atoms with Gasteiger partial charge in [-0.2, -0.15) is 4.39 Å². The van der Waals surface area contributed by atoms with Crippen molar-refractivity contribution in [3.63, 3.8) is 0 Å². The lowest BCUT2D eigenvalue weighted by atomic mass is 10.6. The number of carbonyl (C=O) groups is 1. The van der Waals surface area contributed by atoms with E-state index in [4.69, 9.17) is 0 Å². The smallest absolute Gasteiger partial charge is 0.315 e. The molecule has 8 heavy (non-hydrogen) atoms. The summed E-state index contributed by atoms with van der Waals surface area (Å²) in [5.74, 6) is -1.15. The van der Waals surface area contributed by atoms with Crippen LogP contribution in [-0.2, 0) is 9.53 Å². The Balaban J connectivity index is 3.46. The van der Waals surface area contributed by atoms with Crippen LogP contribution in [0.5, 0.6) is 0 Å². The summed E-state index contributed by atoms with van der Waals surface area (Å²) in [6.45, 7) is 3.01. The van der Waals surface area contributed by atoms with Crippen LogP contribution >= 0.6 is 0 Å². The van der Waals surface area contributed by atoms with Crippen molar-refractivity contribution < 1.29 is 13.9 Å². The van der Waals surface area contributed by atoms with Gasteiger partial charge in [-0.25, -0.2) is 0 Å². The van der Waals surface area contributed by atoms with Crippen LogP contribution in [0, 0.1) is 0 Å². The Hall–Kier alpha value is -1.06. The first-order valence-corrected chi connectivity index (χ1v) is 1.88. The highest BCUT2D eigenvalue weighted by Gasteiger charge is 2.10. The lowest BCUT2D eigenvalue weighted by Gasteiger charge is -1.99. The number of primary amides is 1.